The summed E-state index contributed by atoms with van der Waals surface area (Å²) in [5, 5.41) is 9.94. The van der Waals surface area contributed by atoms with Crippen molar-refractivity contribution in [2.24, 2.45) is 0 Å². The summed E-state index contributed by atoms with van der Waals surface area (Å²) < 4.78 is 39.8. The van der Waals surface area contributed by atoms with E-state index < -0.39 is 10.0 Å². The van der Waals surface area contributed by atoms with Gasteiger partial charge in [0.1, 0.15) is 28.9 Å². The largest absolute Gasteiger partial charge is 0.492 e. The van der Waals surface area contributed by atoms with Crippen molar-refractivity contribution < 1.29 is 17.9 Å². The Labute approximate surface area is 215 Å². The number of ether oxygens (including phenoxy) is 2. The summed E-state index contributed by atoms with van der Waals surface area (Å²) in [6.45, 7) is 2.53. The molecule has 0 radical (unpaired) electrons. The molecule has 3 aromatic rings. The number of rotatable bonds is 10. The highest BCUT2D eigenvalue weighted by Crippen LogP contribution is 2.32. The molecule has 7 nitrogen and oxygen atoms in total. The van der Waals surface area contributed by atoms with Crippen molar-refractivity contribution in [3.63, 3.8) is 0 Å². The third-order valence-corrected chi connectivity index (χ3v) is 7.33. The van der Waals surface area contributed by atoms with Crippen LogP contribution >= 0.6 is 23.2 Å². The predicted molar refractivity (Wildman–Crippen MR) is 138 cm³/mol. The molecular formula is C25H25Cl2N3O4S. The summed E-state index contributed by atoms with van der Waals surface area (Å²) in [7, 11) is 0.104. The molecule has 184 valence electrons. The molecule has 0 fully saturated rings. The van der Waals surface area contributed by atoms with Crippen molar-refractivity contribution in [2.75, 3.05) is 25.4 Å². The molecule has 1 N–H and O–H groups in total. The van der Waals surface area contributed by atoms with Crippen molar-refractivity contribution in [2.45, 2.75) is 24.3 Å². The lowest BCUT2D eigenvalue weighted by atomic mass is 10.2. The SMILES string of the molecule is C[C@H](CCOc1cc(NS(=O)(=O)c2ccc(Oc3cccc(Cl)c3C#N)cc2)ccc1Cl)N(C)C. The van der Waals surface area contributed by atoms with Crippen LogP contribution in [0.25, 0.3) is 0 Å². The van der Waals surface area contributed by atoms with Crippen molar-refractivity contribution in [1.29, 1.82) is 5.26 Å². The molecule has 0 bridgehead atoms. The Morgan fingerprint density at radius 2 is 1.74 bits per heavy atom. The van der Waals surface area contributed by atoms with Crippen LogP contribution in [0.3, 0.4) is 0 Å². The van der Waals surface area contributed by atoms with Gasteiger partial charge in [-0.3, -0.25) is 4.72 Å². The smallest absolute Gasteiger partial charge is 0.261 e. The number of nitrogens with one attached hydrogen (secondary N) is 1. The van der Waals surface area contributed by atoms with Gasteiger partial charge in [0.05, 0.1) is 27.2 Å². The van der Waals surface area contributed by atoms with Crippen LogP contribution < -0.4 is 14.2 Å². The maximum Gasteiger partial charge on any atom is 0.261 e. The number of nitrogens with zero attached hydrogens (tertiary/aromatic N) is 2. The Balaban J connectivity index is 1.70. The van der Waals surface area contributed by atoms with E-state index in [1.807, 2.05) is 20.2 Å². The van der Waals surface area contributed by atoms with Gasteiger partial charge in [0, 0.05) is 12.1 Å². The van der Waals surface area contributed by atoms with E-state index in [1.165, 1.54) is 24.3 Å². The average Bonchev–Trinajstić information content (AvgIpc) is 2.81. The maximum absolute atomic E-state index is 12.9. The third kappa shape index (κ3) is 7.03. The van der Waals surface area contributed by atoms with E-state index in [4.69, 9.17) is 32.7 Å². The van der Waals surface area contributed by atoms with Crippen LogP contribution in [0.4, 0.5) is 5.69 Å². The molecular weight excluding hydrogens is 509 g/mol. The van der Waals surface area contributed by atoms with Crippen molar-refractivity contribution in [3.8, 4) is 23.3 Å². The van der Waals surface area contributed by atoms with Crippen LogP contribution in [0.5, 0.6) is 17.2 Å². The quantitative estimate of drug-likeness (QED) is 0.334. The highest BCUT2D eigenvalue weighted by Gasteiger charge is 2.16. The highest BCUT2D eigenvalue weighted by atomic mass is 35.5. The predicted octanol–water partition coefficient (Wildman–Crippen LogP) is 6.18. The van der Waals surface area contributed by atoms with E-state index in [0.717, 1.165) is 6.42 Å². The van der Waals surface area contributed by atoms with Crippen LogP contribution in [-0.4, -0.2) is 40.1 Å². The minimum atomic E-state index is -3.88. The van der Waals surface area contributed by atoms with Crippen LogP contribution in [0.2, 0.25) is 10.0 Å². The first kappa shape index (κ1) is 26.6. The minimum Gasteiger partial charge on any atom is -0.492 e. The van der Waals surface area contributed by atoms with E-state index >= 15 is 0 Å². The average molecular weight is 534 g/mol. The molecule has 0 aromatic heterocycles. The van der Waals surface area contributed by atoms with Gasteiger partial charge < -0.3 is 14.4 Å². The first-order valence-electron chi connectivity index (χ1n) is 10.7. The second-order valence-electron chi connectivity index (χ2n) is 8.00. The van der Waals surface area contributed by atoms with Crippen LogP contribution in [-0.2, 0) is 10.0 Å². The van der Waals surface area contributed by atoms with Gasteiger partial charge in [-0.25, -0.2) is 8.42 Å². The molecule has 0 unspecified atom stereocenters. The monoisotopic (exact) mass is 533 g/mol. The molecule has 0 heterocycles. The molecule has 35 heavy (non-hydrogen) atoms. The Hall–Kier alpha value is -2.96. The van der Waals surface area contributed by atoms with Crippen molar-refractivity contribution in [1.82, 2.24) is 4.90 Å². The molecule has 0 saturated carbocycles. The fourth-order valence-corrected chi connectivity index (χ4v) is 4.43. The van der Waals surface area contributed by atoms with Gasteiger partial charge in [-0.15, -0.1) is 0 Å². The van der Waals surface area contributed by atoms with Crippen molar-refractivity contribution >= 4 is 38.9 Å². The van der Waals surface area contributed by atoms with Crippen molar-refractivity contribution in [3.05, 3.63) is 76.3 Å². The summed E-state index contributed by atoms with van der Waals surface area (Å²) in [5.41, 5.74) is 0.521. The van der Waals surface area contributed by atoms with E-state index in [9.17, 15) is 13.7 Å². The first-order valence-corrected chi connectivity index (χ1v) is 12.9. The van der Waals surface area contributed by atoms with Gasteiger partial charge in [0.15, 0.2) is 0 Å². The highest BCUT2D eigenvalue weighted by molar-refractivity contribution is 7.92. The molecule has 3 rings (SSSR count). The van der Waals surface area contributed by atoms with Gasteiger partial charge in [0.2, 0.25) is 0 Å². The van der Waals surface area contributed by atoms with Crippen LogP contribution in [0.15, 0.2) is 65.6 Å². The van der Waals surface area contributed by atoms with Gasteiger partial charge in [-0.05, 0) is 76.0 Å². The molecule has 0 amide bonds. The minimum absolute atomic E-state index is 0.0358. The number of anilines is 1. The topological polar surface area (TPSA) is 91.7 Å². The molecule has 0 spiro atoms. The molecule has 3 aromatic carbocycles. The number of sulfonamides is 1. The summed E-state index contributed by atoms with van der Waals surface area (Å²) in [6.07, 6.45) is 0.790. The molecule has 0 aliphatic heterocycles. The Kier molecular flexibility index (Phi) is 8.87. The molecule has 1 atom stereocenters. The van der Waals surface area contributed by atoms with E-state index in [2.05, 4.69) is 16.5 Å². The Morgan fingerprint density at radius 3 is 2.40 bits per heavy atom. The second-order valence-corrected chi connectivity index (χ2v) is 10.5. The lowest BCUT2D eigenvalue weighted by Gasteiger charge is -2.20. The molecule has 10 heteroatoms. The second kappa shape index (κ2) is 11.6. The zero-order valence-corrected chi connectivity index (χ0v) is 21.8. The number of halogens is 2. The number of hydrogen-bond acceptors (Lipinski definition) is 6. The van der Waals surface area contributed by atoms with E-state index in [-0.39, 0.29) is 21.2 Å². The normalized spacial score (nSPS) is 12.1. The standard InChI is InChI=1S/C25H25Cl2N3O4S/c1-17(30(2)3)13-14-33-25-15-18(7-12-23(25)27)29-35(31,32)20-10-8-19(9-11-20)34-24-6-4-5-22(26)21(24)16-28/h4-12,15,17,29H,13-14H2,1-3H3/t17-/m1/s1. The van der Waals surface area contributed by atoms with E-state index in [0.29, 0.717) is 34.9 Å². The number of benzene rings is 3. The summed E-state index contributed by atoms with van der Waals surface area (Å²) in [4.78, 5) is 2.12. The lowest BCUT2D eigenvalue weighted by molar-refractivity contribution is 0.233. The first-order chi connectivity index (χ1) is 16.6. The number of nitriles is 1. The van der Waals surface area contributed by atoms with Crippen LogP contribution in [0, 0.1) is 11.3 Å². The van der Waals surface area contributed by atoms with Gasteiger partial charge in [0.25, 0.3) is 10.0 Å². The molecule has 0 aliphatic carbocycles. The Bertz CT molecular complexity index is 1320. The molecule has 0 saturated heterocycles. The summed E-state index contributed by atoms with van der Waals surface area (Å²) in [5.74, 6) is 1.04. The van der Waals surface area contributed by atoms with Gasteiger partial charge in [-0.1, -0.05) is 29.3 Å². The fourth-order valence-electron chi connectivity index (χ4n) is 3.00. The van der Waals surface area contributed by atoms with Gasteiger partial charge in [-0.2, -0.15) is 5.26 Å². The number of hydrogen-bond donors (Lipinski definition) is 1. The zero-order valence-electron chi connectivity index (χ0n) is 19.5. The third-order valence-electron chi connectivity index (χ3n) is 5.31. The summed E-state index contributed by atoms with van der Waals surface area (Å²) in [6, 6.07) is 17.7. The van der Waals surface area contributed by atoms with E-state index in [1.54, 1.807) is 36.4 Å². The lowest BCUT2D eigenvalue weighted by Crippen LogP contribution is -2.26. The maximum atomic E-state index is 12.9. The molecule has 0 aliphatic rings. The zero-order chi connectivity index (χ0) is 25.6. The van der Waals surface area contributed by atoms with Gasteiger partial charge >= 0.3 is 0 Å². The van der Waals surface area contributed by atoms with Crippen LogP contribution in [0.1, 0.15) is 18.9 Å². The summed E-state index contributed by atoms with van der Waals surface area (Å²) >= 11 is 12.2. The Morgan fingerprint density at radius 1 is 1.03 bits per heavy atom. The fraction of sp³-hybridized carbons (Fsp3) is 0.240.